The van der Waals surface area contributed by atoms with Crippen LogP contribution < -0.4 is 0 Å². The first-order valence-corrected chi connectivity index (χ1v) is 3.89. The highest BCUT2D eigenvalue weighted by atomic mass is 35.5. The van der Waals surface area contributed by atoms with Crippen molar-refractivity contribution >= 4 is 11.6 Å². The van der Waals surface area contributed by atoms with Gasteiger partial charge in [-0.3, -0.25) is 0 Å². The van der Waals surface area contributed by atoms with Crippen molar-refractivity contribution in [2.24, 2.45) is 0 Å². The maximum Gasteiger partial charge on any atom is 0.0721 e. The van der Waals surface area contributed by atoms with Gasteiger partial charge in [-0.05, 0) is 25.5 Å². The zero-order valence-electron chi connectivity index (χ0n) is 6.48. The summed E-state index contributed by atoms with van der Waals surface area (Å²) < 4.78 is 5.05. The van der Waals surface area contributed by atoms with E-state index in [0.717, 1.165) is 12.2 Å². The zero-order chi connectivity index (χ0) is 7.82. The zero-order valence-corrected chi connectivity index (χ0v) is 7.24. The Balaban J connectivity index is 3.52. The van der Waals surface area contributed by atoms with E-state index in [1.165, 1.54) is 0 Å². The fourth-order valence-electron chi connectivity index (χ4n) is 0.431. The van der Waals surface area contributed by atoms with E-state index in [0.29, 0.717) is 12.5 Å². The second kappa shape index (κ2) is 6.88. The molecule has 0 aromatic rings. The van der Waals surface area contributed by atoms with Crippen LogP contribution in [0, 0.1) is 0 Å². The molecule has 0 aromatic heterocycles. The van der Waals surface area contributed by atoms with E-state index in [1.54, 1.807) is 0 Å². The Morgan fingerprint density at radius 2 is 2.40 bits per heavy atom. The SMILES string of the molecule is CCOCC=C=C(C)CCl. The summed E-state index contributed by atoms with van der Waals surface area (Å²) in [5.41, 5.74) is 4.04. The largest absolute Gasteiger partial charge is 0.377 e. The highest BCUT2D eigenvalue weighted by molar-refractivity contribution is 6.19. The molecule has 58 valence electrons. The Kier molecular flexibility index (Phi) is 6.73. The lowest BCUT2D eigenvalue weighted by molar-refractivity contribution is 0.177. The van der Waals surface area contributed by atoms with Crippen molar-refractivity contribution in [2.75, 3.05) is 19.1 Å². The Morgan fingerprint density at radius 3 is 2.90 bits per heavy atom. The third-order valence-electron chi connectivity index (χ3n) is 0.954. The molecule has 0 saturated carbocycles. The first-order chi connectivity index (χ1) is 4.81. The van der Waals surface area contributed by atoms with Crippen molar-refractivity contribution in [3.8, 4) is 0 Å². The van der Waals surface area contributed by atoms with Gasteiger partial charge in [0.1, 0.15) is 0 Å². The smallest absolute Gasteiger partial charge is 0.0721 e. The molecule has 0 spiro atoms. The number of hydrogen-bond acceptors (Lipinski definition) is 1. The molecular formula is C8H13ClO. The number of ether oxygens (including phenoxy) is 1. The van der Waals surface area contributed by atoms with Crippen LogP contribution >= 0.6 is 11.6 Å². The molecule has 0 N–H and O–H groups in total. The highest BCUT2D eigenvalue weighted by Gasteiger charge is 1.78. The van der Waals surface area contributed by atoms with Crippen LogP contribution in [0.1, 0.15) is 13.8 Å². The Morgan fingerprint density at radius 1 is 1.70 bits per heavy atom. The molecule has 0 heterocycles. The molecule has 0 saturated heterocycles. The minimum atomic E-state index is 0.544. The molecule has 0 radical (unpaired) electrons. The molecule has 0 rings (SSSR count). The van der Waals surface area contributed by atoms with Gasteiger partial charge in [-0.1, -0.05) is 0 Å². The summed E-state index contributed by atoms with van der Waals surface area (Å²) in [6.07, 6.45) is 1.85. The molecular weight excluding hydrogens is 148 g/mol. The number of rotatable bonds is 4. The summed E-state index contributed by atoms with van der Waals surface area (Å²) in [6, 6.07) is 0. The Hall–Kier alpha value is -0.230. The minimum Gasteiger partial charge on any atom is -0.377 e. The molecule has 1 nitrogen and oxygen atoms in total. The lowest BCUT2D eigenvalue weighted by atomic mass is 10.4. The van der Waals surface area contributed by atoms with Crippen molar-refractivity contribution < 1.29 is 4.74 Å². The molecule has 0 unspecified atom stereocenters. The van der Waals surface area contributed by atoms with Gasteiger partial charge in [0.15, 0.2) is 0 Å². The predicted octanol–water partition coefficient (Wildman–Crippen LogP) is 2.36. The van der Waals surface area contributed by atoms with Crippen molar-refractivity contribution in [3.05, 3.63) is 17.4 Å². The first kappa shape index (κ1) is 9.77. The van der Waals surface area contributed by atoms with Crippen molar-refractivity contribution in [1.29, 1.82) is 0 Å². The van der Waals surface area contributed by atoms with E-state index >= 15 is 0 Å². The Labute approximate surface area is 67.3 Å². The van der Waals surface area contributed by atoms with E-state index in [1.807, 2.05) is 19.9 Å². The lowest BCUT2D eigenvalue weighted by Gasteiger charge is -1.90. The number of halogens is 1. The standard InChI is InChI=1S/C8H13ClO/c1-3-10-6-4-5-8(2)7-9/h4H,3,6-7H2,1-2H3. The van der Waals surface area contributed by atoms with Crippen LogP contribution in [0.25, 0.3) is 0 Å². The van der Waals surface area contributed by atoms with Crippen molar-refractivity contribution in [1.82, 2.24) is 0 Å². The maximum absolute atomic E-state index is 5.50. The molecule has 2 heteroatoms. The summed E-state index contributed by atoms with van der Waals surface area (Å²) in [5, 5.41) is 0. The van der Waals surface area contributed by atoms with E-state index in [4.69, 9.17) is 16.3 Å². The molecule has 0 amide bonds. The van der Waals surface area contributed by atoms with Crippen LogP contribution in [0.2, 0.25) is 0 Å². The fourth-order valence-corrected chi connectivity index (χ4v) is 0.508. The van der Waals surface area contributed by atoms with Crippen molar-refractivity contribution in [3.63, 3.8) is 0 Å². The van der Waals surface area contributed by atoms with Crippen LogP contribution in [-0.4, -0.2) is 19.1 Å². The van der Waals surface area contributed by atoms with Crippen molar-refractivity contribution in [2.45, 2.75) is 13.8 Å². The lowest BCUT2D eigenvalue weighted by Crippen LogP contribution is -1.87. The molecule has 0 bridgehead atoms. The average Bonchev–Trinajstić information content (AvgIpc) is 1.98. The van der Waals surface area contributed by atoms with Crippen LogP contribution in [0.15, 0.2) is 17.4 Å². The second-order valence-corrected chi connectivity index (χ2v) is 2.19. The molecule has 10 heavy (non-hydrogen) atoms. The van der Waals surface area contributed by atoms with Gasteiger partial charge in [0, 0.05) is 6.61 Å². The van der Waals surface area contributed by atoms with Crippen LogP contribution in [0.3, 0.4) is 0 Å². The van der Waals surface area contributed by atoms with Crippen LogP contribution in [-0.2, 0) is 4.74 Å². The summed E-state index contributed by atoms with van der Waals surface area (Å²) in [4.78, 5) is 0. The van der Waals surface area contributed by atoms with Crippen LogP contribution in [0.5, 0.6) is 0 Å². The summed E-state index contributed by atoms with van der Waals surface area (Å²) in [5.74, 6) is 0.544. The average molecular weight is 161 g/mol. The van der Waals surface area contributed by atoms with Gasteiger partial charge < -0.3 is 4.74 Å². The van der Waals surface area contributed by atoms with Gasteiger partial charge in [0.25, 0.3) is 0 Å². The van der Waals surface area contributed by atoms with E-state index in [9.17, 15) is 0 Å². The number of hydrogen-bond donors (Lipinski definition) is 0. The quantitative estimate of drug-likeness (QED) is 0.349. The molecule has 0 aliphatic heterocycles. The molecule has 0 fully saturated rings. The molecule has 0 atom stereocenters. The maximum atomic E-state index is 5.50. The van der Waals surface area contributed by atoms with Gasteiger partial charge in [0.05, 0.1) is 12.5 Å². The molecule has 0 aliphatic rings. The number of alkyl halides is 1. The van der Waals surface area contributed by atoms with Gasteiger partial charge in [-0.15, -0.1) is 17.3 Å². The highest BCUT2D eigenvalue weighted by Crippen LogP contribution is 1.91. The summed E-state index contributed by atoms with van der Waals surface area (Å²) in [6.45, 7) is 5.28. The normalized spacial score (nSPS) is 8.70. The monoisotopic (exact) mass is 160 g/mol. The van der Waals surface area contributed by atoms with Gasteiger partial charge in [0.2, 0.25) is 0 Å². The molecule has 0 aromatic carbocycles. The van der Waals surface area contributed by atoms with Gasteiger partial charge in [-0.2, -0.15) is 0 Å². The van der Waals surface area contributed by atoms with Gasteiger partial charge >= 0.3 is 0 Å². The minimum absolute atomic E-state index is 0.544. The van der Waals surface area contributed by atoms with Gasteiger partial charge in [-0.25, -0.2) is 0 Å². The Bertz CT molecular complexity index is 134. The molecule has 0 aliphatic carbocycles. The van der Waals surface area contributed by atoms with E-state index < -0.39 is 0 Å². The third kappa shape index (κ3) is 5.90. The fraction of sp³-hybridized carbons (Fsp3) is 0.625. The van der Waals surface area contributed by atoms with E-state index in [-0.39, 0.29) is 0 Å². The predicted molar refractivity (Wildman–Crippen MR) is 44.5 cm³/mol. The second-order valence-electron chi connectivity index (χ2n) is 1.92. The summed E-state index contributed by atoms with van der Waals surface area (Å²) in [7, 11) is 0. The first-order valence-electron chi connectivity index (χ1n) is 3.35. The summed E-state index contributed by atoms with van der Waals surface area (Å²) >= 11 is 5.50. The van der Waals surface area contributed by atoms with E-state index in [2.05, 4.69) is 5.73 Å². The van der Waals surface area contributed by atoms with Crippen LogP contribution in [0.4, 0.5) is 0 Å². The topological polar surface area (TPSA) is 9.23 Å². The third-order valence-corrected chi connectivity index (χ3v) is 1.36.